The highest BCUT2D eigenvalue weighted by atomic mass is 16.1. The molecule has 98 valence electrons. The zero-order valence-corrected chi connectivity index (χ0v) is 10.5. The van der Waals surface area contributed by atoms with Crippen LogP contribution < -0.4 is 16.4 Å². The number of hydrogen-bond donors (Lipinski definition) is 3. The fourth-order valence-electron chi connectivity index (χ4n) is 2.25. The molecule has 1 unspecified atom stereocenters. The van der Waals surface area contributed by atoms with Gasteiger partial charge in [0.25, 0.3) is 5.91 Å². The van der Waals surface area contributed by atoms with E-state index in [2.05, 4.69) is 15.6 Å². The lowest BCUT2D eigenvalue weighted by molar-refractivity contribution is 0.0995. The molecule has 1 aromatic rings. The number of pyridine rings is 1. The van der Waals surface area contributed by atoms with Crippen molar-refractivity contribution < 1.29 is 4.79 Å². The highest BCUT2D eigenvalue weighted by molar-refractivity contribution is 5.91. The molecule has 0 saturated carbocycles. The molecule has 18 heavy (non-hydrogen) atoms. The van der Waals surface area contributed by atoms with Crippen molar-refractivity contribution in [3.63, 3.8) is 0 Å². The number of nitrogens with zero attached hydrogens (tertiary/aromatic N) is 1. The fourth-order valence-corrected chi connectivity index (χ4v) is 2.25. The van der Waals surface area contributed by atoms with Gasteiger partial charge in [-0.15, -0.1) is 0 Å². The van der Waals surface area contributed by atoms with Gasteiger partial charge in [-0.2, -0.15) is 0 Å². The van der Waals surface area contributed by atoms with Gasteiger partial charge in [0.1, 0.15) is 11.5 Å². The van der Waals surface area contributed by atoms with Crippen molar-refractivity contribution in [2.45, 2.75) is 19.3 Å². The predicted octanol–water partition coefficient (Wildman–Crippen LogP) is 0.982. The van der Waals surface area contributed by atoms with Crippen LogP contribution in [0, 0.1) is 5.92 Å². The number of carbonyl (C=O) groups excluding carboxylic acids is 1. The number of carbonyl (C=O) groups is 1. The van der Waals surface area contributed by atoms with Gasteiger partial charge in [-0.25, -0.2) is 4.98 Å². The number of anilines is 1. The van der Waals surface area contributed by atoms with Crippen molar-refractivity contribution in [1.82, 2.24) is 10.3 Å². The first-order chi connectivity index (χ1) is 8.75. The summed E-state index contributed by atoms with van der Waals surface area (Å²) in [5.41, 5.74) is 5.50. The van der Waals surface area contributed by atoms with Gasteiger partial charge in [0.15, 0.2) is 0 Å². The molecule has 1 fully saturated rings. The van der Waals surface area contributed by atoms with Crippen LogP contribution in [-0.4, -0.2) is 30.5 Å². The molecule has 1 saturated heterocycles. The number of amides is 1. The lowest BCUT2D eigenvalue weighted by Gasteiger charge is -2.22. The summed E-state index contributed by atoms with van der Waals surface area (Å²) < 4.78 is 0. The van der Waals surface area contributed by atoms with E-state index in [1.54, 1.807) is 12.1 Å². The van der Waals surface area contributed by atoms with E-state index < -0.39 is 5.91 Å². The average Bonchev–Trinajstić information content (AvgIpc) is 2.40. The molecule has 0 aromatic carbocycles. The van der Waals surface area contributed by atoms with Crippen molar-refractivity contribution in [3.05, 3.63) is 23.9 Å². The summed E-state index contributed by atoms with van der Waals surface area (Å²) in [6.07, 6.45) is 3.68. The third-order valence-corrected chi connectivity index (χ3v) is 3.26. The van der Waals surface area contributed by atoms with Gasteiger partial charge in [-0.1, -0.05) is 6.07 Å². The van der Waals surface area contributed by atoms with Gasteiger partial charge in [0.2, 0.25) is 0 Å². The second kappa shape index (κ2) is 6.35. The van der Waals surface area contributed by atoms with Crippen LogP contribution in [0.1, 0.15) is 29.8 Å². The van der Waals surface area contributed by atoms with E-state index in [4.69, 9.17) is 5.73 Å². The summed E-state index contributed by atoms with van der Waals surface area (Å²) in [5.74, 6) is 0.968. The topological polar surface area (TPSA) is 80.0 Å². The second-order valence-corrected chi connectivity index (χ2v) is 4.70. The van der Waals surface area contributed by atoms with Gasteiger partial charge in [-0.05, 0) is 50.4 Å². The SMILES string of the molecule is NC(=O)c1cccc(NCCC2CCCNC2)n1. The van der Waals surface area contributed by atoms with Gasteiger partial charge >= 0.3 is 0 Å². The van der Waals surface area contributed by atoms with E-state index >= 15 is 0 Å². The van der Waals surface area contributed by atoms with Crippen molar-refractivity contribution in [2.75, 3.05) is 25.0 Å². The minimum absolute atomic E-state index is 0.305. The number of piperidine rings is 1. The van der Waals surface area contributed by atoms with Crippen LogP contribution in [0.15, 0.2) is 18.2 Å². The van der Waals surface area contributed by atoms with Crippen LogP contribution in [0.4, 0.5) is 5.82 Å². The number of nitrogens with two attached hydrogens (primary N) is 1. The summed E-state index contributed by atoms with van der Waals surface area (Å²) in [7, 11) is 0. The first-order valence-corrected chi connectivity index (χ1v) is 6.47. The van der Waals surface area contributed by atoms with Gasteiger partial charge in [0, 0.05) is 6.54 Å². The maximum Gasteiger partial charge on any atom is 0.267 e. The largest absolute Gasteiger partial charge is 0.370 e. The quantitative estimate of drug-likeness (QED) is 0.725. The summed E-state index contributed by atoms with van der Waals surface area (Å²) in [4.78, 5) is 15.2. The molecular weight excluding hydrogens is 228 g/mol. The molecule has 1 aliphatic heterocycles. The Morgan fingerprint density at radius 1 is 1.56 bits per heavy atom. The zero-order valence-electron chi connectivity index (χ0n) is 10.5. The molecule has 0 spiro atoms. The molecule has 0 aliphatic carbocycles. The van der Waals surface area contributed by atoms with Crippen LogP contribution in [0.25, 0.3) is 0 Å². The van der Waals surface area contributed by atoms with Crippen molar-refractivity contribution in [2.24, 2.45) is 11.7 Å². The molecular formula is C13H20N4O. The second-order valence-electron chi connectivity index (χ2n) is 4.70. The molecule has 2 heterocycles. The van der Waals surface area contributed by atoms with Crippen LogP contribution in [-0.2, 0) is 0 Å². The van der Waals surface area contributed by atoms with E-state index in [0.717, 1.165) is 37.8 Å². The van der Waals surface area contributed by atoms with Crippen molar-refractivity contribution in [1.29, 1.82) is 0 Å². The Morgan fingerprint density at radius 3 is 3.17 bits per heavy atom. The van der Waals surface area contributed by atoms with E-state index in [0.29, 0.717) is 5.69 Å². The van der Waals surface area contributed by atoms with E-state index in [-0.39, 0.29) is 0 Å². The van der Waals surface area contributed by atoms with Crippen molar-refractivity contribution >= 4 is 11.7 Å². The highest BCUT2D eigenvalue weighted by Crippen LogP contribution is 2.14. The number of hydrogen-bond acceptors (Lipinski definition) is 4. The van der Waals surface area contributed by atoms with E-state index in [1.807, 2.05) is 6.07 Å². The van der Waals surface area contributed by atoms with Crippen LogP contribution in [0.5, 0.6) is 0 Å². The number of rotatable bonds is 5. The van der Waals surface area contributed by atoms with E-state index in [9.17, 15) is 4.79 Å². The van der Waals surface area contributed by atoms with Crippen molar-refractivity contribution in [3.8, 4) is 0 Å². The zero-order chi connectivity index (χ0) is 12.8. The van der Waals surface area contributed by atoms with E-state index in [1.165, 1.54) is 12.8 Å². The maximum atomic E-state index is 11.0. The minimum Gasteiger partial charge on any atom is -0.370 e. The molecule has 1 atom stereocenters. The Labute approximate surface area is 107 Å². The maximum absolute atomic E-state index is 11.0. The Bertz CT molecular complexity index is 402. The highest BCUT2D eigenvalue weighted by Gasteiger charge is 2.12. The van der Waals surface area contributed by atoms with Gasteiger partial charge < -0.3 is 16.4 Å². The molecule has 5 nitrogen and oxygen atoms in total. The minimum atomic E-state index is -0.491. The van der Waals surface area contributed by atoms with Gasteiger partial charge in [0.05, 0.1) is 0 Å². The Hall–Kier alpha value is -1.62. The number of primary amides is 1. The smallest absolute Gasteiger partial charge is 0.267 e. The normalized spacial score (nSPS) is 19.4. The molecule has 2 rings (SSSR count). The first kappa shape index (κ1) is 12.8. The van der Waals surface area contributed by atoms with Crippen LogP contribution in [0.3, 0.4) is 0 Å². The van der Waals surface area contributed by atoms with Gasteiger partial charge in [-0.3, -0.25) is 4.79 Å². The summed E-state index contributed by atoms with van der Waals surface area (Å²) >= 11 is 0. The number of aromatic nitrogens is 1. The standard InChI is InChI=1S/C13H20N4O/c14-13(18)11-4-1-5-12(17-11)16-8-6-10-3-2-7-15-9-10/h1,4-5,10,15H,2-3,6-9H2,(H2,14,18)(H,16,17). The molecule has 0 radical (unpaired) electrons. The predicted molar refractivity (Wildman–Crippen MR) is 71.5 cm³/mol. The fraction of sp³-hybridized carbons (Fsp3) is 0.538. The summed E-state index contributed by atoms with van der Waals surface area (Å²) in [5, 5.41) is 6.64. The summed E-state index contributed by atoms with van der Waals surface area (Å²) in [6, 6.07) is 5.27. The third kappa shape index (κ3) is 3.70. The van der Waals surface area contributed by atoms with Crippen LogP contribution >= 0.6 is 0 Å². The van der Waals surface area contributed by atoms with Crippen LogP contribution in [0.2, 0.25) is 0 Å². The Morgan fingerprint density at radius 2 is 2.44 bits per heavy atom. The lowest BCUT2D eigenvalue weighted by Crippen LogP contribution is -2.30. The molecule has 1 aromatic heterocycles. The Balaban J connectivity index is 1.78. The third-order valence-electron chi connectivity index (χ3n) is 3.26. The monoisotopic (exact) mass is 248 g/mol. The average molecular weight is 248 g/mol. The molecule has 1 aliphatic rings. The first-order valence-electron chi connectivity index (χ1n) is 6.47. The molecule has 0 bridgehead atoms. The Kier molecular flexibility index (Phi) is 4.52. The molecule has 5 heteroatoms. The molecule has 1 amide bonds. The molecule has 4 N–H and O–H groups in total. The summed E-state index contributed by atoms with van der Waals surface area (Å²) in [6.45, 7) is 3.13. The number of nitrogens with one attached hydrogen (secondary N) is 2. The lowest BCUT2D eigenvalue weighted by atomic mass is 9.96.